The average Bonchev–Trinajstić information content (AvgIpc) is 2.70. The highest BCUT2D eigenvalue weighted by Gasteiger charge is 2.08. The Morgan fingerprint density at radius 2 is 2.31 bits per heavy atom. The van der Waals surface area contributed by atoms with E-state index >= 15 is 0 Å². The van der Waals surface area contributed by atoms with Gasteiger partial charge in [0.2, 0.25) is 0 Å². The normalized spacial score (nSPS) is 10.4. The summed E-state index contributed by atoms with van der Waals surface area (Å²) >= 11 is 5.85. The molecule has 0 fully saturated rings. The number of anilines is 1. The fourth-order valence-corrected chi connectivity index (χ4v) is 1.45. The second kappa shape index (κ2) is 4.46. The van der Waals surface area contributed by atoms with Crippen molar-refractivity contribution >= 4 is 17.6 Å². The van der Waals surface area contributed by atoms with Crippen LogP contribution in [0.3, 0.4) is 0 Å². The van der Waals surface area contributed by atoms with Gasteiger partial charge in [0.15, 0.2) is 5.82 Å². The number of hydrazine groups is 1. The number of hydrogen-bond donors (Lipinski definition) is 2. The fraction of sp³-hybridized carbons (Fsp3) is 0.111. The van der Waals surface area contributed by atoms with Crippen LogP contribution in [0, 0.1) is 5.82 Å². The molecular weight excluding hydrogens is 235 g/mol. The number of nitrogen functional groups attached to an aromatic ring is 1. The van der Waals surface area contributed by atoms with Crippen molar-refractivity contribution in [2.45, 2.75) is 6.42 Å². The highest BCUT2D eigenvalue weighted by molar-refractivity contribution is 6.31. The lowest BCUT2D eigenvalue weighted by atomic mass is 10.1. The van der Waals surface area contributed by atoms with E-state index in [4.69, 9.17) is 22.0 Å². The summed E-state index contributed by atoms with van der Waals surface area (Å²) in [5.74, 6) is 5.12. The Bertz CT molecular complexity index is 502. The second-order valence-corrected chi connectivity index (χ2v) is 3.48. The van der Waals surface area contributed by atoms with Crippen LogP contribution < -0.4 is 11.3 Å². The summed E-state index contributed by atoms with van der Waals surface area (Å²) in [6, 6.07) is 4.25. The highest BCUT2D eigenvalue weighted by Crippen LogP contribution is 2.19. The Morgan fingerprint density at radius 1 is 1.50 bits per heavy atom. The van der Waals surface area contributed by atoms with Crippen LogP contribution in [-0.4, -0.2) is 10.1 Å². The third kappa shape index (κ3) is 2.29. The highest BCUT2D eigenvalue weighted by atomic mass is 35.5. The zero-order valence-corrected chi connectivity index (χ0v) is 8.83. The van der Waals surface area contributed by atoms with Gasteiger partial charge in [-0.25, -0.2) is 10.2 Å². The Labute approximate surface area is 95.4 Å². The first-order chi connectivity index (χ1) is 7.69. The minimum absolute atomic E-state index is 0.119. The van der Waals surface area contributed by atoms with Gasteiger partial charge in [0.05, 0.1) is 0 Å². The van der Waals surface area contributed by atoms with Gasteiger partial charge in [0.25, 0.3) is 0 Å². The van der Waals surface area contributed by atoms with E-state index in [0.29, 0.717) is 22.8 Å². The van der Waals surface area contributed by atoms with Crippen LogP contribution in [0.15, 0.2) is 22.7 Å². The van der Waals surface area contributed by atoms with Gasteiger partial charge in [-0.1, -0.05) is 22.8 Å². The minimum atomic E-state index is -0.383. The fourth-order valence-electron chi connectivity index (χ4n) is 1.22. The van der Waals surface area contributed by atoms with Crippen molar-refractivity contribution in [2.75, 3.05) is 5.43 Å². The number of rotatable bonds is 3. The summed E-state index contributed by atoms with van der Waals surface area (Å²) in [6.45, 7) is 0. The standard InChI is InChI=1S/C9H8ClFN4O/c10-7-4-6(11)2-1-5(7)3-8-13-9(14-12)16-15-8/h1-2,4H,3,12H2,(H,13,14,15). The van der Waals surface area contributed by atoms with E-state index in [9.17, 15) is 4.39 Å². The molecule has 2 rings (SSSR count). The smallest absolute Gasteiger partial charge is 0.314 e. The number of hydrogen-bond acceptors (Lipinski definition) is 5. The predicted molar refractivity (Wildman–Crippen MR) is 56.3 cm³/mol. The topological polar surface area (TPSA) is 77.0 Å². The number of nitrogens with one attached hydrogen (secondary N) is 1. The first-order valence-corrected chi connectivity index (χ1v) is 4.80. The van der Waals surface area contributed by atoms with Gasteiger partial charge in [0.1, 0.15) is 5.82 Å². The van der Waals surface area contributed by atoms with Crippen molar-refractivity contribution in [1.82, 2.24) is 10.1 Å². The molecule has 84 valence electrons. The van der Waals surface area contributed by atoms with Crippen molar-refractivity contribution < 1.29 is 8.91 Å². The molecule has 16 heavy (non-hydrogen) atoms. The molecule has 0 amide bonds. The monoisotopic (exact) mass is 242 g/mol. The summed E-state index contributed by atoms with van der Waals surface area (Å²) < 4.78 is 17.5. The van der Waals surface area contributed by atoms with Crippen molar-refractivity contribution in [3.63, 3.8) is 0 Å². The largest absolute Gasteiger partial charge is 0.335 e. The van der Waals surface area contributed by atoms with Crippen molar-refractivity contribution in [3.05, 3.63) is 40.4 Å². The molecule has 1 aromatic heterocycles. The number of halogens is 2. The Kier molecular flexibility index (Phi) is 3.02. The van der Waals surface area contributed by atoms with Crippen molar-refractivity contribution in [2.24, 2.45) is 5.84 Å². The van der Waals surface area contributed by atoms with E-state index in [0.717, 1.165) is 0 Å². The lowest BCUT2D eigenvalue weighted by Crippen LogP contribution is -2.06. The van der Waals surface area contributed by atoms with Crippen LogP contribution in [0.5, 0.6) is 0 Å². The minimum Gasteiger partial charge on any atom is -0.314 e. The maximum atomic E-state index is 12.8. The Balaban J connectivity index is 2.20. The number of nitrogens with two attached hydrogens (primary N) is 1. The molecular formula is C9H8ClFN4O. The van der Waals surface area contributed by atoms with E-state index in [1.165, 1.54) is 12.1 Å². The molecule has 1 aromatic carbocycles. The Morgan fingerprint density at radius 3 is 2.94 bits per heavy atom. The molecule has 1 heterocycles. The second-order valence-electron chi connectivity index (χ2n) is 3.07. The maximum Gasteiger partial charge on any atom is 0.335 e. The summed E-state index contributed by atoms with van der Waals surface area (Å²) in [4.78, 5) is 3.92. The quantitative estimate of drug-likeness (QED) is 0.633. The molecule has 0 atom stereocenters. The zero-order chi connectivity index (χ0) is 11.5. The average molecular weight is 243 g/mol. The van der Waals surface area contributed by atoms with E-state index in [1.54, 1.807) is 6.07 Å². The summed E-state index contributed by atoms with van der Waals surface area (Å²) in [7, 11) is 0. The van der Waals surface area contributed by atoms with E-state index in [2.05, 4.69) is 15.6 Å². The molecule has 0 aliphatic rings. The van der Waals surface area contributed by atoms with Gasteiger partial charge in [0, 0.05) is 11.4 Å². The van der Waals surface area contributed by atoms with Gasteiger partial charge in [-0.2, -0.15) is 4.98 Å². The van der Waals surface area contributed by atoms with Crippen LogP contribution in [0.1, 0.15) is 11.4 Å². The lowest BCUT2D eigenvalue weighted by Gasteiger charge is -2.00. The lowest BCUT2D eigenvalue weighted by molar-refractivity contribution is 0.424. The molecule has 0 radical (unpaired) electrons. The predicted octanol–water partition coefficient (Wildman–Crippen LogP) is 1.74. The molecule has 0 saturated heterocycles. The molecule has 0 saturated carbocycles. The van der Waals surface area contributed by atoms with E-state index < -0.39 is 0 Å². The number of aromatic nitrogens is 2. The summed E-state index contributed by atoms with van der Waals surface area (Å²) in [5.41, 5.74) is 2.94. The zero-order valence-electron chi connectivity index (χ0n) is 8.08. The molecule has 5 nitrogen and oxygen atoms in total. The van der Waals surface area contributed by atoms with Gasteiger partial charge in [-0.3, -0.25) is 5.43 Å². The molecule has 3 N–H and O–H groups in total. The van der Waals surface area contributed by atoms with E-state index in [1.807, 2.05) is 0 Å². The third-order valence-corrected chi connectivity index (χ3v) is 2.31. The van der Waals surface area contributed by atoms with Crippen molar-refractivity contribution in [3.8, 4) is 0 Å². The van der Waals surface area contributed by atoms with Gasteiger partial charge < -0.3 is 4.52 Å². The van der Waals surface area contributed by atoms with Crippen LogP contribution in [0.4, 0.5) is 10.4 Å². The van der Waals surface area contributed by atoms with Gasteiger partial charge >= 0.3 is 6.01 Å². The molecule has 0 aliphatic carbocycles. The number of benzene rings is 1. The SMILES string of the molecule is NNc1nc(Cc2ccc(F)cc2Cl)no1. The van der Waals surface area contributed by atoms with Crippen LogP contribution in [0.2, 0.25) is 5.02 Å². The van der Waals surface area contributed by atoms with E-state index in [-0.39, 0.29) is 11.8 Å². The van der Waals surface area contributed by atoms with Crippen LogP contribution >= 0.6 is 11.6 Å². The molecule has 7 heteroatoms. The molecule has 0 unspecified atom stereocenters. The Hall–Kier alpha value is -1.66. The molecule has 2 aromatic rings. The maximum absolute atomic E-state index is 12.8. The first kappa shape index (κ1) is 10.8. The molecule has 0 bridgehead atoms. The van der Waals surface area contributed by atoms with Crippen LogP contribution in [-0.2, 0) is 6.42 Å². The van der Waals surface area contributed by atoms with Crippen LogP contribution in [0.25, 0.3) is 0 Å². The summed E-state index contributed by atoms with van der Waals surface area (Å²) in [5, 5.41) is 3.99. The first-order valence-electron chi connectivity index (χ1n) is 4.42. The van der Waals surface area contributed by atoms with Gasteiger partial charge in [-0.05, 0) is 17.7 Å². The molecule has 0 aliphatic heterocycles. The molecule has 0 spiro atoms. The summed E-state index contributed by atoms with van der Waals surface area (Å²) in [6.07, 6.45) is 0.351. The van der Waals surface area contributed by atoms with Crippen molar-refractivity contribution in [1.29, 1.82) is 0 Å². The van der Waals surface area contributed by atoms with Gasteiger partial charge in [-0.15, -0.1) is 0 Å². The number of nitrogens with zero attached hydrogens (tertiary/aromatic N) is 2. The third-order valence-electron chi connectivity index (χ3n) is 1.96.